The molecule has 1 fully saturated rings. The molecule has 1 saturated carbocycles. The maximum absolute atomic E-state index is 11.9. The minimum Gasteiger partial charge on any atom is -0.311 e. The quantitative estimate of drug-likeness (QED) is 0.845. The lowest BCUT2D eigenvalue weighted by Gasteiger charge is -2.31. The Labute approximate surface area is 106 Å². The molecule has 1 N–H and O–H groups in total. The van der Waals surface area contributed by atoms with Crippen LogP contribution in [0.25, 0.3) is 0 Å². The fraction of sp³-hybridized carbons (Fsp3) is 1.00. The fourth-order valence-electron chi connectivity index (χ4n) is 2.58. The van der Waals surface area contributed by atoms with E-state index in [1.165, 1.54) is 25.5 Å². The smallest absolute Gasteiger partial charge is 0.151 e. The molecular formula is C13H27NO2S. The molecule has 0 heterocycles. The zero-order valence-electron chi connectivity index (χ0n) is 11.6. The summed E-state index contributed by atoms with van der Waals surface area (Å²) in [6.07, 6.45) is 7.17. The predicted octanol–water partition coefficient (Wildman–Crippen LogP) is 2.37. The number of rotatable bonds is 4. The lowest BCUT2D eigenvalue weighted by Crippen LogP contribution is -2.46. The molecule has 0 radical (unpaired) electrons. The summed E-state index contributed by atoms with van der Waals surface area (Å²) in [5, 5.41) is 3.14. The minimum atomic E-state index is -2.95. The van der Waals surface area contributed by atoms with Crippen LogP contribution in [0.15, 0.2) is 0 Å². The molecule has 3 nitrogen and oxygen atoms in total. The van der Waals surface area contributed by atoms with Gasteiger partial charge in [-0.25, -0.2) is 8.42 Å². The summed E-state index contributed by atoms with van der Waals surface area (Å²) in [4.78, 5) is 0. The van der Waals surface area contributed by atoms with E-state index in [9.17, 15) is 8.42 Å². The predicted molar refractivity (Wildman–Crippen MR) is 73.0 cm³/mol. The summed E-state index contributed by atoms with van der Waals surface area (Å²) >= 11 is 0. The van der Waals surface area contributed by atoms with Gasteiger partial charge in [0.15, 0.2) is 9.84 Å². The van der Waals surface area contributed by atoms with E-state index in [2.05, 4.69) is 26.1 Å². The van der Waals surface area contributed by atoms with Gasteiger partial charge in [-0.15, -0.1) is 0 Å². The Morgan fingerprint density at radius 3 is 2.12 bits per heavy atom. The lowest BCUT2D eigenvalue weighted by molar-refractivity contribution is 0.316. The first-order valence-corrected chi connectivity index (χ1v) is 8.59. The Morgan fingerprint density at radius 2 is 1.71 bits per heavy atom. The van der Waals surface area contributed by atoms with E-state index in [-0.39, 0.29) is 10.8 Å². The molecule has 0 saturated heterocycles. The zero-order chi connectivity index (χ0) is 13.1. The van der Waals surface area contributed by atoms with Crippen molar-refractivity contribution < 1.29 is 8.42 Å². The largest absolute Gasteiger partial charge is 0.311 e. The highest BCUT2D eigenvalue weighted by Gasteiger charge is 2.31. The lowest BCUT2D eigenvalue weighted by atomic mass is 9.86. The zero-order valence-corrected chi connectivity index (χ0v) is 12.4. The first-order valence-electron chi connectivity index (χ1n) is 6.64. The summed E-state index contributed by atoms with van der Waals surface area (Å²) in [5.74, 6) is 0.355. The SMILES string of the molecule is CC(C)(C)NCC(C1CCCCC1)S(C)(=O)=O. The summed E-state index contributed by atoms with van der Waals surface area (Å²) in [7, 11) is -2.95. The van der Waals surface area contributed by atoms with Crippen LogP contribution in [-0.4, -0.2) is 32.0 Å². The van der Waals surface area contributed by atoms with Crippen molar-refractivity contribution in [3.05, 3.63) is 0 Å². The van der Waals surface area contributed by atoms with Crippen molar-refractivity contribution in [2.24, 2.45) is 5.92 Å². The van der Waals surface area contributed by atoms with E-state index in [1.54, 1.807) is 0 Å². The van der Waals surface area contributed by atoms with E-state index in [0.717, 1.165) is 12.8 Å². The molecule has 1 unspecified atom stereocenters. The van der Waals surface area contributed by atoms with Gasteiger partial charge in [-0.2, -0.15) is 0 Å². The molecule has 0 aromatic carbocycles. The van der Waals surface area contributed by atoms with Crippen LogP contribution in [0.4, 0.5) is 0 Å². The van der Waals surface area contributed by atoms with Crippen molar-refractivity contribution >= 4 is 9.84 Å². The standard InChI is InChI=1S/C13H27NO2S/c1-13(2,3)14-10-12(17(4,15)16)11-8-6-5-7-9-11/h11-12,14H,5-10H2,1-4H3. The number of hydrogen-bond donors (Lipinski definition) is 1. The normalized spacial score (nSPS) is 21.4. The van der Waals surface area contributed by atoms with E-state index in [4.69, 9.17) is 0 Å². The highest BCUT2D eigenvalue weighted by atomic mass is 32.2. The molecule has 1 atom stereocenters. The summed E-state index contributed by atoms with van der Waals surface area (Å²) in [5.41, 5.74) is -0.0163. The molecule has 1 rings (SSSR count). The molecule has 0 amide bonds. The van der Waals surface area contributed by atoms with Gasteiger partial charge >= 0.3 is 0 Å². The second kappa shape index (κ2) is 5.70. The maximum Gasteiger partial charge on any atom is 0.151 e. The third-order valence-corrected chi connectivity index (χ3v) is 5.21. The van der Waals surface area contributed by atoms with E-state index in [0.29, 0.717) is 12.5 Å². The molecule has 1 aliphatic carbocycles. The van der Waals surface area contributed by atoms with Crippen LogP contribution in [0, 0.1) is 5.92 Å². The van der Waals surface area contributed by atoms with Crippen LogP contribution in [0.3, 0.4) is 0 Å². The Kier molecular flexibility index (Phi) is 5.02. The Bertz CT molecular complexity index is 324. The van der Waals surface area contributed by atoms with Gasteiger partial charge in [-0.05, 0) is 39.5 Å². The van der Waals surface area contributed by atoms with Crippen molar-refractivity contribution in [3.8, 4) is 0 Å². The van der Waals surface area contributed by atoms with Gasteiger partial charge in [0, 0.05) is 18.3 Å². The van der Waals surface area contributed by atoms with Crippen molar-refractivity contribution in [1.82, 2.24) is 5.32 Å². The van der Waals surface area contributed by atoms with Crippen LogP contribution >= 0.6 is 0 Å². The third kappa shape index (κ3) is 5.38. The van der Waals surface area contributed by atoms with Crippen LogP contribution in [-0.2, 0) is 9.84 Å². The van der Waals surface area contributed by atoms with Gasteiger partial charge in [0.2, 0.25) is 0 Å². The van der Waals surface area contributed by atoms with Crippen LogP contribution < -0.4 is 5.32 Å². The average molecular weight is 261 g/mol. The summed E-state index contributed by atoms with van der Waals surface area (Å²) < 4.78 is 23.8. The number of nitrogens with one attached hydrogen (secondary N) is 1. The monoisotopic (exact) mass is 261 g/mol. The first-order chi connectivity index (χ1) is 7.70. The molecular weight excluding hydrogens is 234 g/mol. The van der Waals surface area contributed by atoms with Gasteiger partial charge in [-0.1, -0.05) is 19.3 Å². The average Bonchev–Trinajstić information content (AvgIpc) is 2.15. The Morgan fingerprint density at radius 1 is 1.18 bits per heavy atom. The van der Waals surface area contributed by atoms with Gasteiger partial charge in [0.25, 0.3) is 0 Å². The molecule has 1 aliphatic rings. The Hall–Kier alpha value is -0.0900. The van der Waals surface area contributed by atoms with Gasteiger partial charge in [-0.3, -0.25) is 0 Å². The summed E-state index contributed by atoms with van der Waals surface area (Å²) in [6.45, 7) is 6.82. The van der Waals surface area contributed by atoms with Crippen molar-refractivity contribution in [3.63, 3.8) is 0 Å². The fourth-order valence-corrected chi connectivity index (χ4v) is 3.94. The number of sulfone groups is 1. The molecule has 0 spiro atoms. The molecule has 0 aliphatic heterocycles. The van der Waals surface area contributed by atoms with Gasteiger partial charge in [0.1, 0.15) is 0 Å². The van der Waals surface area contributed by atoms with Crippen molar-refractivity contribution in [2.75, 3.05) is 12.8 Å². The molecule has 17 heavy (non-hydrogen) atoms. The number of hydrogen-bond acceptors (Lipinski definition) is 3. The van der Waals surface area contributed by atoms with Crippen molar-refractivity contribution in [2.45, 2.75) is 63.7 Å². The summed E-state index contributed by atoms with van der Waals surface area (Å²) in [6, 6.07) is 0. The van der Waals surface area contributed by atoms with Crippen molar-refractivity contribution in [1.29, 1.82) is 0 Å². The van der Waals surface area contributed by atoms with Crippen LogP contribution in [0.2, 0.25) is 0 Å². The first kappa shape index (κ1) is 15.0. The highest BCUT2D eigenvalue weighted by Crippen LogP contribution is 2.29. The second-order valence-corrected chi connectivity index (χ2v) is 8.66. The molecule has 0 aromatic heterocycles. The maximum atomic E-state index is 11.9. The molecule has 102 valence electrons. The topological polar surface area (TPSA) is 46.2 Å². The molecule has 4 heteroatoms. The van der Waals surface area contributed by atoms with Crippen LogP contribution in [0.1, 0.15) is 52.9 Å². The third-order valence-electron chi connectivity index (χ3n) is 3.56. The van der Waals surface area contributed by atoms with Gasteiger partial charge in [0.05, 0.1) is 5.25 Å². The van der Waals surface area contributed by atoms with E-state index >= 15 is 0 Å². The Balaban J connectivity index is 2.67. The highest BCUT2D eigenvalue weighted by molar-refractivity contribution is 7.91. The van der Waals surface area contributed by atoms with E-state index < -0.39 is 9.84 Å². The van der Waals surface area contributed by atoms with E-state index in [1.807, 2.05) is 0 Å². The van der Waals surface area contributed by atoms with Gasteiger partial charge < -0.3 is 5.32 Å². The minimum absolute atomic E-state index is 0.0163. The molecule has 0 bridgehead atoms. The second-order valence-electron chi connectivity index (χ2n) is 6.40. The van der Waals surface area contributed by atoms with Crippen LogP contribution in [0.5, 0.6) is 0 Å². The molecule has 0 aromatic rings.